The molecule has 0 spiro atoms. The number of carbonyl (C=O) groups is 2. The fraction of sp³-hybridized carbons (Fsp3) is 0.444. The highest BCUT2D eigenvalue weighted by Gasteiger charge is 2.32. The second-order valence-corrected chi connectivity index (χ2v) is 10.4. The van der Waals surface area contributed by atoms with Crippen LogP contribution in [0.5, 0.6) is 0 Å². The van der Waals surface area contributed by atoms with Gasteiger partial charge in [0.05, 0.1) is 6.20 Å². The Labute approximate surface area is 209 Å². The maximum Gasteiger partial charge on any atom is 0.407 e. The van der Waals surface area contributed by atoms with Crippen molar-refractivity contribution in [1.29, 1.82) is 0 Å². The maximum atomic E-state index is 14.5. The van der Waals surface area contributed by atoms with Gasteiger partial charge in [0, 0.05) is 52.4 Å². The van der Waals surface area contributed by atoms with Crippen LogP contribution in [0.3, 0.4) is 0 Å². The van der Waals surface area contributed by atoms with Crippen LogP contribution in [0.25, 0.3) is 5.70 Å². The van der Waals surface area contributed by atoms with Crippen LogP contribution in [0.4, 0.5) is 9.18 Å². The number of carbonyl (C=O) groups excluding carboxylic acids is 1. The molecule has 0 fully saturated rings. The standard InChI is InChI=1S/C27H32FN5O3/c1-16(33(26(35)36)27(3,4)5)8-9-22-20(12-19(28)14-29-22)17(2)24-21-11-18(15-34)13-30-25(21)31-23-7-6-10-32(23)24/h7,11-17H,6,8-10H2,1-5H3,(H,35,36)/t16-,17?/m1/s1. The van der Waals surface area contributed by atoms with Crippen molar-refractivity contribution in [2.24, 2.45) is 4.99 Å². The van der Waals surface area contributed by atoms with Gasteiger partial charge in [-0.25, -0.2) is 19.2 Å². The highest BCUT2D eigenvalue weighted by atomic mass is 19.1. The number of halogens is 1. The summed E-state index contributed by atoms with van der Waals surface area (Å²) in [4.78, 5) is 40.4. The first-order chi connectivity index (χ1) is 17.0. The Kier molecular flexibility index (Phi) is 6.93. The quantitative estimate of drug-likeness (QED) is 0.592. The summed E-state index contributed by atoms with van der Waals surface area (Å²) in [7, 11) is 0. The van der Waals surface area contributed by atoms with Gasteiger partial charge in [-0.2, -0.15) is 0 Å². The predicted octanol–water partition coefficient (Wildman–Crippen LogP) is 3.62. The third kappa shape index (κ3) is 4.87. The highest BCUT2D eigenvalue weighted by molar-refractivity contribution is 5.74. The Bertz CT molecular complexity index is 1350. The number of aryl methyl sites for hydroxylation is 1. The van der Waals surface area contributed by atoms with Gasteiger partial charge in [0.2, 0.25) is 0 Å². The third-order valence-corrected chi connectivity index (χ3v) is 6.78. The molecule has 0 bridgehead atoms. The normalized spacial score (nSPS) is 16.4. The average Bonchev–Trinajstić information content (AvgIpc) is 3.27. The smallest absolute Gasteiger partial charge is 0.407 e. The molecule has 2 aromatic heterocycles. The molecular formula is C27H32FN5O3. The monoisotopic (exact) mass is 493 g/mol. The molecule has 4 heterocycles. The van der Waals surface area contributed by atoms with E-state index in [0.29, 0.717) is 23.9 Å². The summed E-state index contributed by atoms with van der Waals surface area (Å²) < 4.78 is 14.5. The number of hydrogen-bond donors (Lipinski definition) is 1. The molecule has 8 nitrogen and oxygen atoms in total. The fourth-order valence-electron chi connectivity index (χ4n) is 5.26. The molecule has 190 valence electrons. The van der Waals surface area contributed by atoms with Crippen molar-refractivity contribution in [3.63, 3.8) is 0 Å². The molecule has 1 N–H and O–H groups in total. The van der Waals surface area contributed by atoms with Crippen molar-refractivity contribution in [2.75, 3.05) is 6.54 Å². The molecule has 2 atom stereocenters. The Morgan fingerprint density at radius 3 is 2.67 bits per heavy atom. The average molecular weight is 494 g/mol. The summed E-state index contributed by atoms with van der Waals surface area (Å²) in [5.41, 5.74) is 2.78. The first kappa shape index (κ1) is 25.5. The number of fused-ring (bicyclic) bond motifs is 2. The van der Waals surface area contributed by atoms with Gasteiger partial charge in [0.15, 0.2) is 11.8 Å². The van der Waals surface area contributed by atoms with Gasteiger partial charge in [-0.15, -0.1) is 0 Å². The molecule has 0 aliphatic carbocycles. The van der Waals surface area contributed by atoms with E-state index in [2.05, 4.69) is 19.9 Å². The number of amides is 1. The second kappa shape index (κ2) is 9.79. The van der Waals surface area contributed by atoms with E-state index in [1.165, 1.54) is 23.4 Å². The summed E-state index contributed by atoms with van der Waals surface area (Å²) in [5, 5.41) is 10.5. The van der Waals surface area contributed by atoms with Gasteiger partial charge in [-0.3, -0.25) is 9.78 Å². The number of hydrogen-bond acceptors (Lipinski definition) is 6. The predicted molar refractivity (Wildman–Crippen MR) is 133 cm³/mol. The SMILES string of the molecule is CC(C1=c2cc(C=O)cnc2=NC2=CCCN21)c1cc(F)cnc1CC[C@@H](C)N(C(=O)O)C(C)(C)C. The van der Waals surface area contributed by atoms with Crippen molar-refractivity contribution >= 4 is 18.1 Å². The van der Waals surface area contributed by atoms with Gasteiger partial charge in [-0.1, -0.05) is 6.92 Å². The number of pyridine rings is 2. The maximum absolute atomic E-state index is 14.5. The van der Waals surface area contributed by atoms with Crippen LogP contribution in [0.15, 0.2) is 41.4 Å². The first-order valence-corrected chi connectivity index (χ1v) is 12.2. The van der Waals surface area contributed by atoms with Gasteiger partial charge in [0.1, 0.15) is 11.6 Å². The van der Waals surface area contributed by atoms with Crippen LogP contribution in [0, 0.1) is 5.82 Å². The highest BCUT2D eigenvalue weighted by Crippen LogP contribution is 2.35. The van der Waals surface area contributed by atoms with E-state index in [9.17, 15) is 19.1 Å². The van der Waals surface area contributed by atoms with Crippen molar-refractivity contribution in [3.8, 4) is 0 Å². The molecule has 0 radical (unpaired) electrons. The topological polar surface area (TPSA) is 99.0 Å². The van der Waals surface area contributed by atoms with Crippen molar-refractivity contribution in [3.05, 3.63) is 69.8 Å². The van der Waals surface area contributed by atoms with E-state index in [-0.39, 0.29) is 12.0 Å². The van der Waals surface area contributed by atoms with Crippen molar-refractivity contribution in [1.82, 2.24) is 19.8 Å². The lowest BCUT2D eigenvalue weighted by Crippen LogP contribution is -2.50. The molecule has 4 rings (SSSR count). The largest absolute Gasteiger partial charge is 0.465 e. The number of aromatic nitrogens is 2. The van der Waals surface area contributed by atoms with E-state index in [4.69, 9.17) is 0 Å². The molecule has 36 heavy (non-hydrogen) atoms. The van der Waals surface area contributed by atoms with Crippen LogP contribution >= 0.6 is 0 Å². The number of aldehydes is 1. The molecule has 0 saturated heterocycles. The Morgan fingerprint density at radius 2 is 2.00 bits per heavy atom. The first-order valence-electron chi connectivity index (χ1n) is 12.2. The molecule has 0 saturated carbocycles. The van der Waals surface area contributed by atoms with Crippen LogP contribution < -0.4 is 10.7 Å². The summed E-state index contributed by atoms with van der Waals surface area (Å²) >= 11 is 0. The second-order valence-electron chi connectivity index (χ2n) is 10.4. The zero-order valence-electron chi connectivity index (χ0n) is 21.3. The summed E-state index contributed by atoms with van der Waals surface area (Å²) in [6.45, 7) is 10.2. The van der Waals surface area contributed by atoms with E-state index < -0.39 is 17.4 Å². The summed E-state index contributed by atoms with van der Waals surface area (Å²) in [5.74, 6) is 0.0995. The van der Waals surface area contributed by atoms with E-state index in [1.807, 2.05) is 40.7 Å². The van der Waals surface area contributed by atoms with Crippen molar-refractivity contribution < 1.29 is 19.1 Å². The van der Waals surface area contributed by atoms with Crippen LogP contribution in [-0.4, -0.2) is 55.4 Å². The fourth-order valence-corrected chi connectivity index (χ4v) is 5.26. The molecule has 2 aliphatic heterocycles. The van der Waals surface area contributed by atoms with Crippen molar-refractivity contribution in [2.45, 2.75) is 71.4 Å². The van der Waals surface area contributed by atoms with Crippen LogP contribution in [0.1, 0.15) is 75.0 Å². The van der Waals surface area contributed by atoms with Crippen LogP contribution in [-0.2, 0) is 6.42 Å². The van der Waals surface area contributed by atoms with Gasteiger partial charge >= 0.3 is 6.09 Å². The zero-order chi connectivity index (χ0) is 26.2. The summed E-state index contributed by atoms with van der Waals surface area (Å²) in [6, 6.07) is 3.03. The number of carboxylic acid groups (broad SMARTS) is 1. The summed E-state index contributed by atoms with van der Waals surface area (Å²) in [6.07, 6.45) is 6.39. The minimum absolute atomic E-state index is 0.258. The van der Waals surface area contributed by atoms with Gasteiger partial charge in [0.25, 0.3) is 0 Å². The molecular weight excluding hydrogens is 461 g/mol. The van der Waals surface area contributed by atoms with Gasteiger partial charge in [-0.05, 0) is 70.7 Å². The van der Waals surface area contributed by atoms with E-state index in [0.717, 1.165) is 47.2 Å². The molecule has 1 unspecified atom stereocenters. The molecule has 9 heteroatoms. The molecule has 2 aliphatic rings. The third-order valence-electron chi connectivity index (χ3n) is 6.78. The van der Waals surface area contributed by atoms with E-state index >= 15 is 0 Å². The molecule has 0 aromatic carbocycles. The molecule has 2 aromatic rings. The lowest BCUT2D eigenvalue weighted by Gasteiger charge is -2.38. The minimum atomic E-state index is -0.972. The van der Waals surface area contributed by atoms with E-state index in [1.54, 1.807) is 6.07 Å². The zero-order valence-corrected chi connectivity index (χ0v) is 21.3. The number of nitrogens with zero attached hydrogens (tertiary/aromatic N) is 5. The Balaban J connectivity index is 1.75. The minimum Gasteiger partial charge on any atom is -0.465 e. The number of rotatable bonds is 7. The Morgan fingerprint density at radius 1 is 1.25 bits per heavy atom. The van der Waals surface area contributed by atoms with Gasteiger partial charge < -0.3 is 14.9 Å². The molecule has 1 amide bonds. The lowest BCUT2D eigenvalue weighted by molar-refractivity contribution is 0.0728. The van der Waals surface area contributed by atoms with Crippen LogP contribution in [0.2, 0.25) is 0 Å². The Hall–Kier alpha value is -3.62. The lowest BCUT2D eigenvalue weighted by atomic mass is 9.91.